The van der Waals surface area contributed by atoms with E-state index in [-0.39, 0.29) is 5.91 Å². The Hall–Kier alpha value is -2.54. The van der Waals surface area contributed by atoms with Crippen LogP contribution in [0.3, 0.4) is 0 Å². The molecule has 0 saturated carbocycles. The normalized spacial score (nSPS) is 13.2. The minimum atomic E-state index is -0.200. The molecule has 122 valence electrons. The summed E-state index contributed by atoms with van der Waals surface area (Å²) in [6.45, 7) is 2.69. The summed E-state index contributed by atoms with van der Waals surface area (Å²) in [6.07, 6.45) is 3.46. The molecule has 2 heterocycles. The molecule has 0 saturated heterocycles. The summed E-state index contributed by atoms with van der Waals surface area (Å²) in [5.41, 5.74) is 1.19. The number of anilines is 1. The molecule has 0 fully saturated rings. The Morgan fingerprint density at radius 1 is 1.30 bits per heavy atom. The quantitative estimate of drug-likeness (QED) is 0.904. The molecule has 0 unspecified atom stereocenters. The first-order valence-electron chi connectivity index (χ1n) is 7.50. The van der Waals surface area contributed by atoms with Crippen molar-refractivity contribution in [2.24, 2.45) is 0 Å². The van der Waals surface area contributed by atoms with E-state index >= 15 is 0 Å². The number of benzene rings is 1. The van der Waals surface area contributed by atoms with E-state index in [0.717, 1.165) is 13.1 Å². The van der Waals surface area contributed by atoms with Crippen LogP contribution in [-0.2, 0) is 6.54 Å². The van der Waals surface area contributed by atoms with Crippen molar-refractivity contribution in [2.75, 3.05) is 39.2 Å². The maximum atomic E-state index is 12.3. The van der Waals surface area contributed by atoms with E-state index in [0.29, 0.717) is 36.0 Å². The van der Waals surface area contributed by atoms with Crippen LogP contribution in [0.15, 0.2) is 30.6 Å². The molecule has 1 aromatic carbocycles. The summed E-state index contributed by atoms with van der Waals surface area (Å²) < 4.78 is 12.8. The van der Waals surface area contributed by atoms with E-state index in [2.05, 4.69) is 15.3 Å². The molecule has 0 radical (unpaired) electrons. The highest BCUT2D eigenvalue weighted by atomic mass is 16.6. The highest BCUT2D eigenvalue weighted by molar-refractivity contribution is 6.04. The molecule has 2 aromatic rings. The number of carbonyl (C=O) groups is 1. The Morgan fingerprint density at radius 3 is 2.87 bits per heavy atom. The second-order valence-electron chi connectivity index (χ2n) is 5.61. The van der Waals surface area contributed by atoms with Gasteiger partial charge in [-0.25, -0.2) is 0 Å². The first-order chi connectivity index (χ1) is 11.1. The molecule has 7 nitrogen and oxygen atoms in total. The Labute approximate surface area is 134 Å². The summed E-state index contributed by atoms with van der Waals surface area (Å²) in [5.74, 6) is 1.07. The molecule has 1 aliphatic heterocycles. The van der Waals surface area contributed by atoms with Gasteiger partial charge in [-0.05, 0) is 32.3 Å². The number of rotatable bonds is 5. The summed E-state index contributed by atoms with van der Waals surface area (Å²) in [4.78, 5) is 14.4. The van der Waals surface area contributed by atoms with Gasteiger partial charge in [0.1, 0.15) is 13.2 Å². The topological polar surface area (TPSA) is 68.6 Å². The van der Waals surface area contributed by atoms with Gasteiger partial charge in [0, 0.05) is 18.3 Å². The number of ether oxygens (including phenoxy) is 2. The van der Waals surface area contributed by atoms with Gasteiger partial charge in [0.2, 0.25) is 0 Å². The van der Waals surface area contributed by atoms with Gasteiger partial charge in [-0.15, -0.1) is 0 Å². The number of fused-ring (bicyclic) bond motifs is 1. The summed E-state index contributed by atoms with van der Waals surface area (Å²) in [7, 11) is 4.02. The highest BCUT2D eigenvalue weighted by Gasteiger charge is 2.15. The number of carbonyl (C=O) groups excluding carboxylic acids is 1. The molecule has 7 heteroatoms. The monoisotopic (exact) mass is 316 g/mol. The van der Waals surface area contributed by atoms with Crippen molar-refractivity contribution in [1.29, 1.82) is 0 Å². The highest BCUT2D eigenvalue weighted by Crippen LogP contribution is 2.30. The SMILES string of the molecule is CN(C)CCn1cc(NC(=O)c2ccc3c(c2)OCCO3)cn1. The molecule has 1 aliphatic rings. The molecule has 1 amide bonds. The van der Waals surface area contributed by atoms with Gasteiger partial charge in [-0.3, -0.25) is 9.48 Å². The number of nitrogens with one attached hydrogen (secondary N) is 1. The zero-order valence-electron chi connectivity index (χ0n) is 13.3. The molecule has 0 aliphatic carbocycles. The van der Waals surface area contributed by atoms with Crippen LogP contribution in [0, 0.1) is 0 Å². The van der Waals surface area contributed by atoms with Gasteiger partial charge in [0.05, 0.1) is 18.4 Å². The van der Waals surface area contributed by atoms with E-state index < -0.39 is 0 Å². The van der Waals surface area contributed by atoms with E-state index in [1.54, 1.807) is 29.1 Å². The second-order valence-corrected chi connectivity index (χ2v) is 5.61. The smallest absolute Gasteiger partial charge is 0.255 e. The van der Waals surface area contributed by atoms with E-state index in [1.807, 2.05) is 20.3 Å². The van der Waals surface area contributed by atoms with Crippen molar-refractivity contribution >= 4 is 11.6 Å². The van der Waals surface area contributed by atoms with E-state index in [4.69, 9.17) is 9.47 Å². The number of aromatic nitrogens is 2. The van der Waals surface area contributed by atoms with Gasteiger partial charge >= 0.3 is 0 Å². The van der Waals surface area contributed by atoms with E-state index in [9.17, 15) is 4.79 Å². The predicted molar refractivity (Wildman–Crippen MR) is 86.2 cm³/mol. The van der Waals surface area contributed by atoms with Crippen molar-refractivity contribution in [2.45, 2.75) is 6.54 Å². The predicted octanol–water partition coefficient (Wildman–Crippen LogP) is 1.47. The number of amides is 1. The summed E-state index contributed by atoms with van der Waals surface area (Å²) in [6, 6.07) is 5.17. The van der Waals surface area contributed by atoms with Gasteiger partial charge in [0.15, 0.2) is 11.5 Å². The number of hydrogen-bond acceptors (Lipinski definition) is 5. The molecule has 1 aromatic heterocycles. The molecule has 1 N–H and O–H groups in total. The third-order valence-corrected chi connectivity index (χ3v) is 3.47. The lowest BCUT2D eigenvalue weighted by Crippen LogP contribution is -2.18. The van der Waals surface area contributed by atoms with Crippen LogP contribution in [-0.4, -0.2) is 54.4 Å². The lowest BCUT2D eigenvalue weighted by molar-refractivity contribution is 0.102. The average molecular weight is 316 g/mol. The molecule has 0 spiro atoms. The van der Waals surface area contributed by atoms with Crippen LogP contribution in [0.4, 0.5) is 5.69 Å². The molecular weight excluding hydrogens is 296 g/mol. The first-order valence-corrected chi connectivity index (χ1v) is 7.50. The maximum Gasteiger partial charge on any atom is 0.255 e. The van der Waals surface area contributed by atoms with E-state index in [1.165, 1.54) is 0 Å². The van der Waals surface area contributed by atoms with Gasteiger partial charge in [0.25, 0.3) is 5.91 Å². The van der Waals surface area contributed by atoms with Crippen LogP contribution < -0.4 is 14.8 Å². The minimum Gasteiger partial charge on any atom is -0.486 e. The summed E-state index contributed by atoms with van der Waals surface area (Å²) in [5, 5.41) is 7.08. The van der Waals surface area contributed by atoms with Gasteiger partial charge in [-0.1, -0.05) is 0 Å². The fraction of sp³-hybridized carbons (Fsp3) is 0.375. The van der Waals surface area contributed by atoms with Crippen LogP contribution in [0.25, 0.3) is 0 Å². The van der Waals surface area contributed by atoms with Crippen molar-refractivity contribution < 1.29 is 14.3 Å². The van der Waals surface area contributed by atoms with Crippen molar-refractivity contribution in [3.63, 3.8) is 0 Å². The lowest BCUT2D eigenvalue weighted by atomic mass is 10.2. The Balaban J connectivity index is 1.65. The first kappa shape index (κ1) is 15.4. The standard InChI is InChI=1S/C16H20N4O3/c1-19(2)5-6-20-11-13(10-17-20)18-16(21)12-3-4-14-15(9-12)23-8-7-22-14/h3-4,9-11H,5-8H2,1-2H3,(H,18,21). The summed E-state index contributed by atoms with van der Waals surface area (Å²) >= 11 is 0. The van der Waals surface area contributed by atoms with Crippen LogP contribution in [0.1, 0.15) is 10.4 Å². The minimum absolute atomic E-state index is 0.200. The Morgan fingerprint density at radius 2 is 2.09 bits per heavy atom. The van der Waals surface area contributed by atoms with Crippen LogP contribution >= 0.6 is 0 Å². The molecule has 0 atom stereocenters. The average Bonchev–Trinajstić information content (AvgIpc) is 3.00. The fourth-order valence-electron chi connectivity index (χ4n) is 2.24. The van der Waals surface area contributed by atoms with Crippen molar-refractivity contribution in [1.82, 2.24) is 14.7 Å². The maximum absolute atomic E-state index is 12.3. The van der Waals surface area contributed by atoms with Crippen LogP contribution in [0.2, 0.25) is 0 Å². The second kappa shape index (κ2) is 6.70. The van der Waals surface area contributed by atoms with Gasteiger partial charge < -0.3 is 19.7 Å². The lowest BCUT2D eigenvalue weighted by Gasteiger charge is -2.18. The fourth-order valence-corrected chi connectivity index (χ4v) is 2.24. The molecule has 3 rings (SSSR count). The van der Waals surface area contributed by atoms with Crippen molar-refractivity contribution in [3.05, 3.63) is 36.2 Å². The Bertz CT molecular complexity index is 696. The molecular formula is C16H20N4O3. The molecule has 0 bridgehead atoms. The third-order valence-electron chi connectivity index (χ3n) is 3.47. The Kier molecular flexibility index (Phi) is 4.47. The van der Waals surface area contributed by atoms with Crippen molar-refractivity contribution in [3.8, 4) is 11.5 Å². The van der Waals surface area contributed by atoms with Crippen LogP contribution in [0.5, 0.6) is 11.5 Å². The number of hydrogen-bond donors (Lipinski definition) is 1. The number of likely N-dealkylation sites (N-methyl/N-ethyl adjacent to an activating group) is 1. The largest absolute Gasteiger partial charge is 0.486 e. The zero-order valence-corrected chi connectivity index (χ0v) is 13.3. The number of nitrogens with zero attached hydrogens (tertiary/aromatic N) is 3. The third kappa shape index (κ3) is 3.81. The van der Waals surface area contributed by atoms with Gasteiger partial charge in [-0.2, -0.15) is 5.10 Å². The zero-order chi connectivity index (χ0) is 16.2. The molecule has 23 heavy (non-hydrogen) atoms.